The zero-order valence-corrected chi connectivity index (χ0v) is 10.5. The summed E-state index contributed by atoms with van der Waals surface area (Å²) < 4.78 is 0. The van der Waals surface area contributed by atoms with Gasteiger partial charge in [-0.25, -0.2) is 0 Å². The molecule has 0 radical (unpaired) electrons. The third kappa shape index (κ3) is 1.91. The lowest BCUT2D eigenvalue weighted by molar-refractivity contribution is 0.0626. The Morgan fingerprint density at radius 1 is 1.16 bits per heavy atom. The fraction of sp³-hybridized carbons (Fsp3) is 0.250. The SMILES string of the molecule is O=C1NC(O)C(CN2C(=O)c3ccccc3C2=O)S1. The molecule has 3 rings (SSSR count). The van der Waals surface area contributed by atoms with Gasteiger partial charge in [0.15, 0.2) is 0 Å². The molecule has 0 saturated carbocycles. The third-order valence-electron chi connectivity index (χ3n) is 3.12. The van der Waals surface area contributed by atoms with Crippen LogP contribution in [0, 0.1) is 0 Å². The number of imide groups is 1. The number of aliphatic hydroxyl groups is 1. The maximum absolute atomic E-state index is 12.1. The minimum atomic E-state index is -1.04. The van der Waals surface area contributed by atoms with E-state index in [1.54, 1.807) is 24.3 Å². The number of hydrogen-bond donors (Lipinski definition) is 2. The quantitative estimate of drug-likeness (QED) is 0.766. The standard InChI is InChI=1S/C12H10N2O4S/c15-9-8(19-12(18)13-9)5-14-10(16)6-3-1-2-4-7(6)11(14)17/h1-4,8-9,15H,5H2,(H,13,18). The van der Waals surface area contributed by atoms with Crippen LogP contribution in [-0.4, -0.2) is 45.1 Å². The van der Waals surface area contributed by atoms with Gasteiger partial charge in [-0.15, -0.1) is 0 Å². The molecule has 2 aliphatic rings. The highest BCUT2D eigenvalue weighted by molar-refractivity contribution is 8.14. The van der Waals surface area contributed by atoms with Crippen molar-refractivity contribution in [1.82, 2.24) is 10.2 Å². The van der Waals surface area contributed by atoms with Gasteiger partial charge in [0.2, 0.25) is 0 Å². The minimum Gasteiger partial charge on any atom is -0.372 e. The van der Waals surface area contributed by atoms with Crippen LogP contribution in [0.3, 0.4) is 0 Å². The van der Waals surface area contributed by atoms with E-state index >= 15 is 0 Å². The molecule has 6 nitrogen and oxygen atoms in total. The first-order chi connectivity index (χ1) is 9.08. The Morgan fingerprint density at radius 3 is 2.21 bits per heavy atom. The van der Waals surface area contributed by atoms with Crippen molar-refractivity contribution in [3.63, 3.8) is 0 Å². The molecule has 1 aromatic rings. The van der Waals surface area contributed by atoms with Crippen LogP contribution in [0.25, 0.3) is 0 Å². The van der Waals surface area contributed by atoms with E-state index in [0.717, 1.165) is 16.7 Å². The molecule has 7 heteroatoms. The summed E-state index contributed by atoms with van der Waals surface area (Å²) in [7, 11) is 0. The Bertz CT molecular complexity index is 554. The minimum absolute atomic E-state index is 0.0108. The largest absolute Gasteiger partial charge is 0.372 e. The van der Waals surface area contributed by atoms with Crippen LogP contribution < -0.4 is 5.32 Å². The zero-order valence-electron chi connectivity index (χ0n) is 9.70. The summed E-state index contributed by atoms with van der Waals surface area (Å²) in [5.74, 6) is -0.763. The lowest BCUT2D eigenvalue weighted by Gasteiger charge is -2.19. The summed E-state index contributed by atoms with van der Waals surface area (Å²) in [5.41, 5.74) is 0.730. The molecule has 0 spiro atoms. The molecule has 2 atom stereocenters. The van der Waals surface area contributed by atoms with Crippen molar-refractivity contribution in [1.29, 1.82) is 0 Å². The third-order valence-corrected chi connectivity index (χ3v) is 4.16. The van der Waals surface area contributed by atoms with Gasteiger partial charge in [-0.1, -0.05) is 23.9 Å². The number of fused-ring (bicyclic) bond motifs is 1. The van der Waals surface area contributed by atoms with Gasteiger partial charge in [0.05, 0.1) is 16.4 Å². The van der Waals surface area contributed by atoms with Crippen molar-refractivity contribution in [3.8, 4) is 0 Å². The molecule has 3 amide bonds. The molecule has 0 bridgehead atoms. The van der Waals surface area contributed by atoms with Crippen LogP contribution in [-0.2, 0) is 0 Å². The number of carbonyl (C=O) groups excluding carboxylic acids is 3. The summed E-state index contributed by atoms with van der Waals surface area (Å²) in [4.78, 5) is 36.4. The van der Waals surface area contributed by atoms with E-state index in [1.165, 1.54) is 0 Å². The van der Waals surface area contributed by atoms with E-state index in [-0.39, 0.29) is 23.6 Å². The first-order valence-corrected chi connectivity index (χ1v) is 6.56. The highest BCUT2D eigenvalue weighted by atomic mass is 32.2. The van der Waals surface area contributed by atoms with Crippen molar-refractivity contribution >= 4 is 28.8 Å². The normalized spacial score (nSPS) is 25.7. The smallest absolute Gasteiger partial charge is 0.281 e. The molecule has 1 aromatic carbocycles. The van der Waals surface area contributed by atoms with E-state index in [2.05, 4.69) is 5.32 Å². The Labute approximate surface area is 112 Å². The van der Waals surface area contributed by atoms with E-state index in [0.29, 0.717) is 11.1 Å². The molecule has 2 aliphatic heterocycles. The molecule has 0 aromatic heterocycles. The van der Waals surface area contributed by atoms with Gasteiger partial charge in [-0.05, 0) is 12.1 Å². The number of nitrogens with one attached hydrogen (secondary N) is 1. The lowest BCUT2D eigenvalue weighted by Crippen LogP contribution is -2.41. The Morgan fingerprint density at radius 2 is 1.74 bits per heavy atom. The van der Waals surface area contributed by atoms with E-state index in [4.69, 9.17) is 0 Å². The van der Waals surface area contributed by atoms with Gasteiger partial charge >= 0.3 is 0 Å². The topological polar surface area (TPSA) is 86.7 Å². The van der Waals surface area contributed by atoms with Crippen LogP contribution in [0.4, 0.5) is 4.79 Å². The second kappa shape index (κ2) is 4.36. The lowest BCUT2D eigenvalue weighted by atomic mass is 10.1. The highest BCUT2D eigenvalue weighted by Crippen LogP contribution is 2.28. The van der Waals surface area contributed by atoms with Crippen LogP contribution >= 0.6 is 11.8 Å². The van der Waals surface area contributed by atoms with Crippen LogP contribution in [0.5, 0.6) is 0 Å². The summed E-state index contributed by atoms with van der Waals surface area (Å²) in [6.45, 7) is 0.0108. The molecule has 19 heavy (non-hydrogen) atoms. The number of carbonyl (C=O) groups is 3. The van der Waals surface area contributed by atoms with Crippen molar-refractivity contribution in [2.45, 2.75) is 11.5 Å². The van der Waals surface area contributed by atoms with Crippen LogP contribution in [0.2, 0.25) is 0 Å². The number of aliphatic hydroxyl groups excluding tert-OH is 1. The van der Waals surface area contributed by atoms with E-state index in [9.17, 15) is 19.5 Å². The van der Waals surface area contributed by atoms with Gasteiger partial charge in [-0.3, -0.25) is 19.3 Å². The number of nitrogens with zero attached hydrogens (tertiary/aromatic N) is 1. The molecule has 0 aliphatic carbocycles. The monoisotopic (exact) mass is 278 g/mol. The second-order valence-electron chi connectivity index (χ2n) is 4.30. The molecular formula is C12H10N2O4S. The summed E-state index contributed by atoms with van der Waals surface area (Å²) in [5, 5.41) is 11.0. The molecule has 1 fully saturated rings. The Hall–Kier alpha value is -1.86. The summed E-state index contributed by atoms with van der Waals surface area (Å²) in [6.07, 6.45) is -1.04. The first-order valence-electron chi connectivity index (χ1n) is 5.68. The predicted octanol–water partition coefficient (Wildman–Crippen LogP) is 0.426. The molecule has 2 unspecified atom stereocenters. The predicted molar refractivity (Wildman–Crippen MR) is 67.7 cm³/mol. The maximum Gasteiger partial charge on any atom is 0.281 e. The molecule has 98 valence electrons. The van der Waals surface area contributed by atoms with Crippen LogP contribution in [0.1, 0.15) is 20.7 Å². The number of benzene rings is 1. The number of hydrogen-bond acceptors (Lipinski definition) is 5. The Balaban J connectivity index is 1.83. The maximum atomic E-state index is 12.1. The van der Waals surface area contributed by atoms with E-state index < -0.39 is 11.5 Å². The fourth-order valence-corrected chi connectivity index (χ4v) is 3.06. The average molecular weight is 278 g/mol. The molecule has 1 saturated heterocycles. The Kier molecular flexibility index (Phi) is 2.79. The molecule has 2 N–H and O–H groups in total. The average Bonchev–Trinajstić information content (AvgIpc) is 2.83. The summed E-state index contributed by atoms with van der Waals surface area (Å²) in [6, 6.07) is 6.57. The summed E-state index contributed by atoms with van der Waals surface area (Å²) >= 11 is 0.897. The van der Waals surface area contributed by atoms with Gasteiger partial charge in [0.1, 0.15) is 6.23 Å². The zero-order chi connectivity index (χ0) is 13.6. The molecule has 2 heterocycles. The van der Waals surface area contributed by atoms with Crippen molar-refractivity contribution < 1.29 is 19.5 Å². The van der Waals surface area contributed by atoms with Gasteiger partial charge < -0.3 is 10.4 Å². The number of thioether (sulfide) groups is 1. The van der Waals surface area contributed by atoms with E-state index in [1.807, 2.05) is 0 Å². The number of amides is 3. The van der Waals surface area contributed by atoms with Crippen molar-refractivity contribution in [2.24, 2.45) is 0 Å². The van der Waals surface area contributed by atoms with Gasteiger partial charge in [-0.2, -0.15) is 0 Å². The van der Waals surface area contributed by atoms with Gasteiger partial charge in [0, 0.05) is 6.54 Å². The van der Waals surface area contributed by atoms with Gasteiger partial charge in [0.25, 0.3) is 17.1 Å². The number of rotatable bonds is 2. The first kappa shape index (κ1) is 12.2. The van der Waals surface area contributed by atoms with Crippen molar-refractivity contribution in [3.05, 3.63) is 35.4 Å². The molecular weight excluding hydrogens is 268 g/mol. The highest BCUT2D eigenvalue weighted by Gasteiger charge is 2.40. The fourth-order valence-electron chi connectivity index (χ4n) is 2.17. The van der Waals surface area contributed by atoms with Crippen LogP contribution in [0.15, 0.2) is 24.3 Å². The van der Waals surface area contributed by atoms with Crippen molar-refractivity contribution in [2.75, 3.05) is 6.54 Å². The second-order valence-corrected chi connectivity index (χ2v) is 5.51.